The smallest absolute Gasteiger partial charge is 0.243 e. The van der Waals surface area contributed by atoms with Crippen LogP contribution in [0.5, 0.6) is 0 Å². The van der Waals surface area contributed by atoms with Crippen molar-refractivity contribution in [1.82, 2.24) is 5.32 Å². The van der Waals surface area contributed by atoms with Gasteiger partial charge < -0.3 is 5.32 Å². The molecule has 2 aromatic rings. The zero-order valence-corrected chi connectivity index (χ0v) is 16.8. The highest BCUT2D eigenvalue weighted by atomic mass is 32.2. The Morgan fingerprint density at radius 1 is 1.11 bits per heavy atom. The van der Waals surface area contributed by atoms with Crippen LogP contribution in [0.3, 0.4) is 0 Å². The lowest BCUT2D eigenvalue weighted by Gasteiger charge is -2.28. The van der Waals surface area contributed by atoms with Crippen molar-refractivity contribution in [2.45, 2.75) is 33.2 Å². The molecule has 0 aromatic heterocycles. The van der Waals surface area contributed by atoms with Gasteiger partial charge in [-0.25, -0.2) is 12.8 Å². The highest BCUT2D eigenvalue weighted by Gasteiger charge is 2.29. The molecule has 27 heavy (non-hydrogen) atoms. The quantitative estimate of drug-likeness (QED) is 0.788. The van der Waals surface area contributed by atoms with Gasteiger partial charge in [0.2, 0.25) is 15.9 Å². The summed E-state index contributed by atoms with van der Waals surface area (Å²) in [6.07, 6.45) is 1.62. The van der Waals surface area contributed by atoms with E-state index >= 15 is 0 Å². The topological polar surface area (TPSA) is 66.5 Å². The van der Waals surface area contributed by atoms with Crippen molar-refractivity contribution in [2.75, 3.05) is 17.1 Å². The van der Waals surface area contributed by atoms with Crippen LogP contribution >= 0.6 is 0 Å². The summed E-state index contributed by atoms with van der Waals surface area (Å²) in [6, 6.07) is 10.4. The molecule has 1 atom stereocenters. The number of rotatable bonds is 7. The first-order valence-electron chi connectivity index (χ1n) is 8.68. The molecule has 0 aliphatic heterocycles. The van der Waals surface area contributed by atoms with Crippen LogP contribution in [0.1, 0.15) is 23.6 Å². The molecular weight excluding hydrogens is 367 g/mol. The van der Waals surface area contributed by atoms with Crippen LogP contribution in [-0.4, -0.2) is 33.2 Å². The average molecular weight is 392 g/mol. The normalized spacial score (nSPS) is 12.5. The second-order valence-corrected chi connectivity index (χ2v) is 8.53. The molecule has 0 bridgehead atoms. The molecule has 2 aromatic carbocycles. The van der Waals surface area contributed by atoms with E-state index in [1.807, 2.05) is 19.9 Å². The van der Waals surface area contributed by atoms with Gasteiger partial charge in [-0.15, -0.1) is 0 Å². The monoisotopic (exact) mass is 392 g/mol. The van der Waals surface area contributed by atoms with Crippen LogP contribution < -0.4 is 9.62 Å². The first-order chi connectivity index (χ1) is 12.6. The maximum absolute atomic E-state index is 12.9. The summed E-state index contributed by atoms with van der Waals surface area (Å²) in [4.78, 5) is 12.5. The Kier molecular flexibility index (Phi) is 6.59. The third kappa shape index (κ3) is 5.53. The maximum Gasteiger partial charge on any atom is 0.243 e. The van der Waals surface area contributed by atoms with Gasteiger partial charge in [-0.2, -0.15) is 0 Å². The molecule has 146 valence electrons. The minimum atomic E-state index is -3.64. The van der Waals surface area contributed by atoms with Gasteiger partial charge in [-0.1, -0.05) is 18.2 Å². The molecule has 0 radical (unpaired) electrons. The lowest BCUT2D eigenvalue weighted by molar-refractivity contribution is -0.121. The number of nitrogens with one attached hydrogen (secondary N) is 1. The Balaban J connectivity index is 2.10. The van der Waals surface area contributed by atoms with E-state index in [9.17, 15) is 17.6 Å². The van der Waals surface area contributed by atoms with Crippen LogP contribution in [0.15, 0.2) is 42.5 Å². The number of aryl methyl sites for hydroxylation is 2. The number of hydrogen-bond acceptors (Lipinski definition) is 3. The molecule has 5 nitrogen and oxygen atoms in total. The van der Waals surface area contributed by atoms with E-state index in [1.54, 1.807) is 31.2 Å². The second kappa shape index (κ2) is 8.52. The summed E-state index contributed by atoms with van der Waals surface area (Å²) in [7, 11) is -3.64. The maximum atomic E-state index is 12.9. The lowest BCUT2D eigenvalue weighted by Crippen LogP contribution is -2.48. The zero-order chi connectivity index (χ0) is 20.2. The fraction of sp³-hybridized carbons (Fsp3) is 0.350. The molecule has 0 aliphatic carbocycles. The number of anilines is 1. The van der Waals surface area contributed by atoms with Crippen molar-refractivity contribution >= 4 is 21.6 Å². The first kappa shape index (κ1) is 20.9. The van der Waals surface area contributed by atoms with E-state index in [0.717, 1.165) is 27.3 Å². The van der Waals surface area contributed by atoms with Crippen LogP contribution in [0.25, 0.3) is 0 Å². The molecular formula is C20H25FN2O3S. The fourth-order valence-corrected chi connectivity index (χ4v) is 3.97. The van der Waals surface area contributed by atoms with Crippen molar-refractivity contribution in [3.63, 3.8) is 0 Å². The predicted octanol–water partition coefficient (Wildman–Crippen LogP) is 2.96. The van der Waals surface area contributed by atoms with Crippen LogP contribution in [0, 0.1) is 19.7 Å². The van der Waals surface area contributed by atoms with Gasteiger partial charge in [0.05, 0.1) is 11.9 Å². The fourth-order valence-electron chi connectivity index (χ4n) is 2.80. The number of halogens is 1. The highest BCUT2D eigenvalue weighted by molar-refractivity contribution is 7.92. The number of nitrogens with zero attached hydrogens (tertiary/aromatic N) is 1. The second-order valence-electron chi connectivity index (χ2n) is 6.67. The van der Waals surface area contributed by atoms with Gasteiger partial charge in [0.1, 0.15) is 11.9 Å². The molecule has 7 heteroatoms. The number of hydrogen-bond donors (Lipinski definition) is 1. The van der Waals surface area contributed by atoms with Crippen molar-refractivity contribution in [1.29, 1.82) is 0 Å². The molecule has 0 fully saturated rings. The third-order valence-corrected chi connectivity index (χ3v) is 5.70. The summed E-state index contributed by atoms with van der Waals surface area (Å²) in [5.74, 6) is -0.700. The summed E-state index contributed by atoms with van der Waals surface area (Å²) in [5, 5.41) is 2.76. The lowest BCUT2D eigenvalue weighted by atomic mass is 10.1. The number of carbonyl (C=O) groups excluding carboxylic acids is 1. The Morgan fingerprint density at radius 3 is 2.30 bits per heavy atom. The number of carbonyl (C=O) groups is 1. The van der Waals surface area contributed by atoms with Gasteiger partial charge in [0.25, 0.3) is 0 Å². The number of amides is 1. The van der Waals surface area contributed by atoms with E-state index < -0.39 is 16.1 Å². The summed E-state index contributed by atoms with van der Waals surface area (Å²) < 4.78 is 38.7. The van der Waals surface area contributed by atoms with Gasteiger partial charge in [0.15, 0.2) is 0 Å². The average Bonchev–Trinajstić information content (AvgIpc) is 2.58. The van der Waals surface area contributed by atoms with Crippen LogP contribution in [-0.2, 0) is 21.2 Å². The van der Waals surface area contributed by atoms with Gasteiger partial charge in [0, 0.05) is 6.54 Å². The molecule has 0 saturated carbocycles. The van der Waals surface area contributed by atoms with E-state index in [0.29, 0.717) is 18.7 Å². The summed E-state index contributed by atoms with van der Waals surface area (Å²) in [5.41, 5.74) is 3.34. The molecule has 0 aliphatic rings. The van der Waals surface area contributed by atoms with Gasteiger partial charge in [-0.3, -0.25) is 9.10 Å². The Bertz CT molecular complexity index is 911. The molecule has 1 N–H and O–H groups in total. The predicted molar refractivity (Wildman–Crippen MR) is 106 cm³/mol. The van der Waals surface area contributed by atoms with Crippen molar-refractivity contribution in [3.05, 3.63) is 65.0 Å². The molecule has 1 unspecified atom stereocenters. The summed E-state index contributed by atoms with van der Waals surface area (Å²) in [6.45, 7) is 5.73. The van der Waals surface area contributed by atoms with E-state index in [2.05, 4.69) is 5.32 Å². The third-order valence-electron chi connectivity index (χ3n) is 4.46. The summed E-state index contributed by atoms with van der Waals surface area (Å²) >= 11 is 0. The molecule has 2 rings (SSSR count). The standard InChI is InChI=1S/C20H25FN2O3S/c1-14-5-10-19(13-15(14)2)23(27(4,25)26)16(3)20(24)22-12-11-17-6-8-18(21)9-7-17/h5-10,13,16H,11-12H2,1-4H3,(H,22,24). The number of sulfonamides is 1. The van der Waals surface area contributed by atoms with E-state index in [4.69, 9.17) is 0 Å². The van der Waals surface area contributed by atoms with Crippen molar-refractivity contribution in [3.8, 4) is 0 Å². The highest BCUT2D eigenvalue weighted by Crippen LogP contribution is 2.23. The minimum Gasteiger partial charge on any atom is -0.354 e. The molecule has 0 spiro atoms. The number of benzene rings is 2. The molecule has 0 saturated heterocycles. The molecule has 0 heterocycles. The van der Waals surface area contributed by atoms with Crippen LogP contribution in [0.2, 0.25) is 0 Å². The largest absolute Gasteiger partial charge is 0.354 e. The van der Waals surface area contributed by atoms with Gasteiger partial charge in [-0.05, 0) is 68.1 Å². The van der Waals surface area contributed by atoms with E-state index in [-0.39, 0.29) is 11.7 Å². The van der Waals surface area contributed by atoms with Crippen molar-refractivity contribution in [2.24, 2.45) is 0 Å². The van der Waals surface area contributed by atoms with Crippen LogP contribution in [0.4, 0.5) is 10.1 Å². The van der Waals surface area contributed by atoms with E-state index in [1.165, 1.54) is 12.1 Å². The molecule has 1 amide bonds. The van der Waals surface area contributed by atoms with Crippen molar-refractivity contribution < 1.29 is 17.6 Å². The zero-order valence-electron chi connectivity index (χ0n) is 16.0. The minimum absolute atomic E-state index is 0.311. The Morgan fingerprint density at radius 2 is 1.74 bits per heavy atom. The first-order valence-corrected chi connectivity index (χ1v) is 10.5. The SMILES string of the molecule is Cc1ccc(N(C(C)C(=O)NCCc2ccc(F)cc2)S(C)(=O)=O)cc1C. The Hall–Kier alpha value is -2.41. The Labute approximate surface area is 160 Å². The van der Waals surface area contributed by atoms with Gasteiger partial charge >= 0.3 is 0 Å².